The third-order valence-corrected chi connectivity index (χ3v) is 7.23. The second-order valence-electron chi connectivity index (χ2n) is 9.54. The van der Waals surface area contributed by atoms with Crippen molar-refractivity contribution in [3.05, 3.63) is 65.9 Å². The van der Waals surface area contributed by atoms with E-state index in [1.165, 1.54) is 12.8 Å². The molecule has 166 valence electrons. The zero-order valence-electron chi connectivity index (χ0n) is 18.9. The lowest BCUT2D eigenvalue weighted by Crippen LogP contribution is -2.65. The molecule has 1 aliphatic heterocycles. The van der Waals surface area contributed by atoms with Crippen molar-refractivity contribution >= 4 is 28.4 Å². The molecule has 2 amide bonds. The highest BCUT2D eigenvalue weighted by atomic mass is 16.2. The lowest BCUT2D eigenvalue weighted by molar-refractivity contribution is -0.127. The molecule has 1 saturated carbocycles. The number of aromatic nitrogens is 1. The van der Waals surface area contributed by atoms with Gasteiger partial charge in [0.2, 0.25) is 5.91 Å². The minimum absolute atomic E-state index is 0.0653. The maximum Gasteiger partial charge on any atom is 0.275 e. The highest BCUT2D eigenvalue weighted by Crippen LogP contribution is 2.37. The molecule has 5 nitrogen and oxygen atoms in total. The molecule has 5 rings (SSSR count). The van der Waals surface area contributed by atoms with Gasteiger partial charge in [0.25, 0.3) is 5.91 Å². The Morgan fingerprint density at radius 1 is 1.00 bits per heavy atom. The average Bonchev–Trinajstić information content (AvgIpc) is 2.96. The van der Waals surface area contributed by atoms with Crippen LogP contribution in [0.15, 0.2) is 54.6 Å². The van der Waals surface area contributed by atoms with Crippen LogP contribution in [0, 0.1) is 6.92 Å². The number of carbonyl (C=O) groups excluding carboxylic acids is 2. The van der Waals surface area contributed by atoms with Crippen LogP contribution >= 0.6 is 0 Å². The third-order valence-electron chi connectivity index (χ3n) is 7.23. The Morgan fingerprint density at radius 3 is 2.44 bits per heavy atom. The first-order valence-electron chi connectivity index (χ1n) is 11.8. The van der Waals surface area contributed by atoms with Crippen molar-refractivity contribution in [3.63, 3.8) is 0 Å². The minimum atomic E-state index is -1.02. The van der Waals surface area contributed by atoms with Crippen LogP contribution in [0.5, 0.6) is 0 Å². The van der Waals surface area contributed by atoms with Gasteiger partial charge >= 0.3 is 0 Å². The Hall–Kier alpha value is -3.08. The van der Waals surface area contributed by atoms with Crippen LogP contribution in [-0.4, -0.2) is 28.0 Å². The molecule has 3 aromatic rings. The first-order valence-corrected chi connectivity index (χ1v) is 11.8. The number of fused-ring (bicyclic) bond motifs is 3. The van der Waals surface area contributed by atoms with E-state index in [4.69, 9.17) is 0 Å². The fraction of sp³-hybridized carbons (Fsp3) is 0.407. The summed E-state index contributed by atoms with van der Waals surface area (Å²) in [4.78, 5) is 29.6. The molecule has 0 saturated heterocycles. The molecule has 2 aliphatic rings. The number of carbonyl (C=O) groups is 2. The third kappa shape index (κ3) is 3.40. The smallest absolute Gasteiger partial charge is 0.275 e. The van der Waals surface area contributed by atoms with Crippen LogP contribution in [0.3, 0.4) is 0 Å². The largest absolute Gasteiger partial charge is 0.351 e. The Morgan fingerprint density at radius 2 is 1.69 bits per heavy atom. The fourth-order valence-corrected chi connectivity index (χ4v) is 5.40. The number of aryl methyl sites for hydroxylation is 1. The summed E-state index contributed by atoms with van der Waals surface area (Å²) in [6.07, 6.45) is 6.78. The Labute approximate surface area is 189 Å². The maximum atomic E-state index is 13.9. The van der Waals surface area contributed by atoms with Crippen molar-refractivity contribution in [1.82, 2.24) is 9.88 Å². The standard InChI is InChI=1S/C27H31N3O2/c1-19-11-7-9-15-22(19)30-25(31)24-17-20-12-8-10-16-23(20)29(24)18-27(30,2)26(32)28-21-13-5-3-4-6-14-21/h7-12,15-17,21H,3-6,13-14,18H2,1-2H3,(H,28,32)/t27-/m1/s1. The van der Waals surface area contributed by atoms with Crippen molar-refractivity contribution in [2.75, 3.05) is 4.90 Å². The predicted octanol–water partition coefficient (Wildman–Crippen LogP) is 5.21. The van der Waals surface area contributed by atoms with E-state index in [2.05, 4.69) is 5.32 Å². The first-order chi connectivity index (χ1) is 15.5. The van der Waals surface area contributed by atoms with Gasteiger partial charge in [0.15, 0.2) is 0 Å². The van der Waals surface area contributed by atoms with Gasteiger partial charge in [-0.25, -0.2) is 0 Å². The van der Waals surface area contributed by atoms with Gasteiger partial charge in [0.1, 0.15) is 11.2 Å². The van der Waals surface area contributed by atoms with Gasteiger partial charge in [-0.05, 0) is 50.5 Å². The Balaban J connectivity index is 1.61. The fourth-order valence-electron chi connectivity index (χ4n) is 5.40. The number of anilines is 1. The van der Waals surface area contributed by atoms with Gasteiger partial charge in [-0.15, -0.1) is 0 Å². The molecule has 0 radical (unpaired) electrons. The summed E-state index contributed by atoms with van der Waals surface area (Å²) in [5.41, 5.74) is 2.39. The lowest BCUT2D eigenvalue weighted by Gasteiger charge is -2.45. The molecule has 5 heteroatoms. The van der Waals surface area contributed by atoms with Gasteiger partial charge < -0.3 is 9.88 Å². The van der Waals surface area contributed by atoms with Crippen LogP contribution in [0.4, 0.5) is 5.69 Å². The normalized spacial score (nSPS) is 21.9. The van der Waals surface area contributed by atoms with Crippen LogP contribution in [-0.2, 0) is 11.3 Å². The van der Waals surface area contributed by atoms with Crippen molar-refractivity contribution in [2.24, 2.45) is 0 Å². The highest BCUT2D eigenvalue weighted by Gasteiger charge is 2.49. The maximum absolute atomic E-state index is 13.9. The van der Waals surface area contributed by atoms with Crippen LogP contribution < -0.4 is 10.2 Å². The summed E-state index contributed by atoms with van der Waals surface area (Å²) in [6.45, 7) is 4.34. The topological polar surface area (TPSA) is 54.3 Å². The molecule has 1 aromatic heterocycles. The zero-order chi connectivity index (χ0) is 22.3. The number of amides is 2. The van der Waals surface area contributed by atoms with E-state index in [1.807, 2.05) is 73.0 Å². The van der Waals surface area contributed by atoms with Crippen molar-refractivity contribution in [3.8, 4) is 0 Å². The predicted molar refractivity (Wildman–Crippen MR) is 128 cm³/mol. The molecule has 32 heavy (non-hydrogen) atoms. The molecule has 1 atom stereocenters. The zero-order valence-corrected chi connectivity index (χ0v) is 18.9. The van der Waals surface area contributed by atoms with Gasteiger partial charge in [-0.3, -0.25) is 14.5 Å². The van der Waals surface area contributed by atoms with E-state index in [9.17, 15) is 9.59 Å². The monoisotopic (exact) mass is 429 g/mol. The van der Waals surface area contributed by atoms with E-state index in [0.717, 1.165) is 47.8 Å². The van der Waals surface area contributed by atoms with Crippen molar-refractivity contribution in [1.29, 1.82) is 0 Å². The number of hydrogen-bond acceptors (Lipinski definition) is 2. The summed E-state index contributed by atoms with van der Waals surface area (Å²) >= 11 is 0. The molecular weight excluding hydrogens is 398 g/mol. The van der Waals surface area contributed by atoms with E-state index in [-0.39, 0.29) is 17.9 Å². The average molecular weight is 430 g/mol. The van der Waals surface area contributed by atoms with E-state index >= 15 is 0 Å². The molecule has 0 bridgehead atoms. The van der Waals surface area contributed by atoms with E-state index < -0.39 is 5.54 Å². The molecule has 1 aliphatic carbocycles. The van der Waals surface area contributed by atoms with Crippen molar-refractivity contribution in [2.45, 2.75) is 70.5 Å². The lowest BCUT2D eigenvalue weighted by atomic mass is 9.92. The van der Waals surface area contributed by atoms with Crippen LogP contribution in [0.2, 0.25) is 0 Å². The number of rotatable bonds is 3. The molecule has 0 unspecified atom stereocenters. The Bertz CT molecular complexity index is 1170. The van der Waals surface area contributed by atoms with E-state index in [0.29, 0.717) is 12.2 Å². The first kappa shape index (κ1) is 20.8. The molecule has 2 aromatic carbocycles. The Kier molecular flexibility index (Phi) is 5.28. The summed E-state index contributed by atoms with van der Waals surface area (Å²) in [6, 6.07) is 18.0. The summed E-state index contributed by atoms with van der Waals surface area (Å²) in [7, 11) is 0. The molecule has 1 fully saturated rings. The molecular formula is C27H31N3O2. The number of nitrogens with one attached hydrogen (secondary N) is 1. The van der Waals surface area contributed by atoms with Crippen LogP contribution in [0.1, 0.15) is 61.5 Å². The van der Waals surface area contributed by atoms with Gasteiger partial charge in [0.05, 0.1) is 6.54 Å². The van der Waals surface area contributed by atoms with E-state index in [1.54, 1.807) is 4.90 Å². The van der Waals surface area contributed by atoms with Gasteiger partial charge in [-0.2, -0.15) is 0 Å². The van der Waals surface area contributed by atoms with Gasteiger partial charge in [0, 0.05) is 22.6 Å². The number of para-hydroxylation sites is 2. The summed E-state index contributed by atoms with van der Waals surface area (Å²) < 4.78 is 2.03. The summed E-state index contributed by atoms with van der Waals surface area (Å²) in [5, 5.41) is 4.36. The molecule has 2 heterocycles. The SMILES string of the molecule is Cc1ccccc1N1C(=O)c2cc3ccccc3n2C[C@]1(C)C(=O)NC1CCCCCC1. The second-order valence-corrected chi connectivity index (χ2v) is 9.54. The quantitative estimate of drug-likeness (QED) is 0.581. The minimum Gasteiger partial charge on any atom is -0.351 e. The van der Waals surface area contributed by atoms with Crippen molar-refractivity contribution < 1.29 is 9.59 Å². The van der Waals surface area contributed by atoms with Gasteiger partial charge in [-0.1, -0.05) is 62.1 Å². The second kappa shape index (κ2) is 8.12. The summed E-state index contributed by atoms with van der Waals surface area (Å²) in [5.74, 6) is -0.190. The number of benzene rings is 2. The number of nitrogens with zero attached hydrogens (tertiary/aromatic N) is 2. The van der Waals surface area contributed by atoms with Crippen LogP contribution in [0.25, 0.3) is 10.9 Å². The highest BCUT2D eigenvalue weighted by molar-refractivity contribution is 6.14. The number of hydrogen-bond donors (Lipinski definition) is 1. The molecule has 0 spiro atoms. The molecule has 1 N–H and O–H groups in total.